The van der Waals surface area contributed by atoms with Crippen LogP contribution in [0.2, 0.25) is 0 Å². The molecule has 1 radical (unpaired) electrons. The van der Waals surface area contributed by atoms with Crippen molar-refractivity contribution in [1.29, 1.82) is 0 Å². The Morgan fingerprint density at radius 1 is 1.43 bits per heavy atom. The molecule has 0 rings (SSSR count). The Hall–Kier alpha value is 0.336. The molecule has 0 fully saturated rings. The van der Waals surface area contributed by atoms with Gasteiger partial charge in [0, 0.05) is 16.8 Å². The van der Waals surface area contributed by atoms with Crippen molar-refractivity contribution in [3.05, 3.63) is 0 Å². The molecule has 7 heteroatoms. The van der Waals surface area contributed by atoms with E-state index in [-0.39, 0.29) is 16.8 Å². The fourth-order valence-corrected chi connectivity index (χ4v) is 0. The van der Waals surface area contributed by atoms with Crippen LogP contribution in [0.15, 0.2) is 0 Å². The third-order valence-electron chi connectivity index (χ3n) is 0.0942. The first-order chi connectivity index (χ1) is 2.56. The van der Waals surface area contributed by atoms with E-state index in [2.05, 4.69) is 4.33 Å². The van der Waals surface area contributed by atoms with Gasteiger partial charge in [-0.1, -0.05) is 4.33 Å². The van der Waals surface area contributed by atoms with Crippen molar-refractivity contribution in [3.8, 4) is 0 Å². The van der Waals surface area contributed by atoms with E-state index < -0.39 is 10.4 Å². The molecule has 2 N–H and O–H groups in total. The van der Waals surface area contributed by atoms with Crippen molar-refractivity contribution in [2.24, 2.45) is 0 Å². The van der Waals surface area contributed by atoms with Crippen molar-refractivity contribution in [2.75, 3.05) is 0 Å². The first-order valence-electron chi connectivity index (χ1n) is 0.865. The Morgan fingerprint density at radius 3 is 1.57 bits per heavy atom. The minimum atomic E-state index is -4.61. The van der Waals surface area contributed by atoms with E-state index in [1.54, 1.807) is 0 Å². The van der Waals surface area contributed by atoms with Crippen molar-refractivity contribution in [3.63, 3.8) is 0 Å². The van der Waals surface area contributed by atoms with Crippen LogP contribution in [-0.2, 0) is 31.5 Å². The van der Waals surface area contributed by atoms with Gasteiger partial charge in [0.25, 0.3) is 0 Å². The third-order valence-corrected chi connectivity index (χ3v) is 0.283. The van der Waals surface area contributed by atoms with Crippen LogP contribution in [0.4, 0.5) is 0 Å². The molecule has 0 aliphatic carbocycles. The van der Waals surface area contributed by atoms with E-state index in [1.807, 2.05) is 0 Å². The van der Waals surface area contributed by atoms with Crippen LogP contribution in [0.25, 0.3) is 0 Å². The summed E-state index contributed by atoms with van der Waals surface area (Å²) in [6.07, 6.45) is 0. The Morgan fingerprint density at radius 2 is 1.57 bits per heavy atom. The third kappa shape index (κ3) is 10.7. The van der Waals surface area contributed by atoms with E-state index in [0.29, 0.717) is 0 Å². The summed E-state index contributed by atoms with van der Waals surface area (Å²) >= 11 is 0. The van der Waals surface area contributed by atoms with Crippen molar-refractivity contribution in [2.45, 2.75) is 0 Å². The van der Waals surface area contributed by atoms with Crippen molar-refractivity contribution >= 4 is 10.4 Å². The van der Waals surface area contributed by atoms with E-state index >= 15 is 0 Å². The summed E-state index contributed by atoms with van der Waals surface area (Å²) in [5, 5.41) is 7.06. The monoisotopic (exact) mass is 173 g/mol. The standard InChI is InChI=1S/Co.H2O5S/c;1-5-6(2,3)4/h;1H,(H,2,3,4). The van der Waals surface area contributed by atoms with Crippen molar-refractivity contribution in [1.82, 2.24) is 0 Å². The van der Waals surface area contributed by atoms with Crippen LogP contribution in [0.3, 0.4) is 0 Å². The normalized spacial score (nSPS) is 10.0. The van der Waals surface area contributed by atoms with Gasteiger partial charge < -0.3 is 0 Å². The second kappa shape index (κ2) is 3.35. The zero-order chi connectivity index (χ0) is 5.21. The summed E-state index contributed by atoms with van der Waals surface area (Å²) in [5.41, 5.74) is 0. The van der Waals surface area contributed by atoms with Crippen LogP contribution < -0.4 is 0 Å². The number of hydrogen-bond donors (Lipinski definition) is 2. The van der Waals surface area contributed by atoms with Gasteiger partial charge >= 0.3 is 10.4 Å². The number of hydrogen-bond acceptors (Lipinski definition) is 4. The summed E-state index contributed by atoms with van der Waals surface area (Å²) in [6, 6.07) is 0. The van der Waals surface area contributed by atoms with Gasteiger partial charge in [-0.25, -0.2) is 5.26 Å². The maximum absolute atomic E-state index is 9.08. The smallest absolute Gasteiger partial charge is 0.262 e. The predicted octanol–water partition coefficient (Wildman–Crippen LogP) is -0.724. The zero-order valence-corrected chi connectivity index (χ0v) is 4.72. The van der Waals surface area contributed by atoms with Crippen molar-refractivity contribution < 1.29 is 39.3 Å². The Balaban J connectivity index is 0. The summed E-state index contributed by atoms with van der Waals surface area (Å²) in [5.74, 6) is 0. The minimum Gasteiger partial charge on any atom is -0.262 e. The van der Waals surface area contributed by atoms with Gasteiger partial charge in [0.15, 0.2) is 0 Å². The van der Waals surface area contributed by atoms with Crippen LogP contribution in [0.1, 0.15) is 0 Å². The molecule has 0 aromatic heterocycles. The van der Waals surface area contributed by atoms with Gasteiger partial charge in [0.1, 0.15) is 0 Å². The number of rotatable bonds is 1. The van der Waals surface area contributed by atoms with Gasteiger partial charge in [0.05, 0.1) is 0 Å². The molecule has 0 aromatic carbocycles. The molecular formula is H2CoO5S. The van der Waals surface area contributed by atoms with Gasteiger partial charge in [-0.15, -0.1) is 0 Å². The van der Waals surface area contributed by atoms with E-state index in [0.717, 1.165) is 0 Å². The molecule has 0 heterocycles. The SMILES string of the molecule is O=S(=O)(O)OO.[Co]. The predicted molar refractivity (Wildman–Crippen MR) is 15.3 cm³/mol. The fourth-order valence-electron chi connectivity index (χ4n) is 0. The average Bonchev–Trinajstić information content (AvgIpc) is 1.35. The summed E-state index contributed by atoms with van der Waals surface area (Å²) < 4.78 is 28.0. The Kier molecular flexibility index (Phi) is 4.95. The molecule has 47 valence electrons. The molecule has 0 spiro atoms. The molecule has 0 aliphatic heterocycles. The molecule has 0 saturated carbocycles. The molecule has 0 aromatic rings. The molecule has 7 heavy (non-hydrogen) atoms. The van der Waals surface area contributed by atoms with Crippen LogP contribution >= 0.6 is 0 Å². The zero-order valence-electron chi connectivity index (χ0n) is 2.86. The van der Waals surface area contributed by atoms with E-state index in [4.69, 9.17) is 18.2 Å². The van der Waals surface area contributed by atoms with Gasteiger partial charge in [-0.3, -0.25) is 4.55 Å². The molecule has 0 bridgehead atoms. The maximum Gasteiger partial charge on any atom is 0.423 e. The summed E-state index contributed by atoms with van der Waals surface area (Å²) in [4.78, 5) is 0. The summed E-state index contributed by atoms with van der Waals surface area (Å²) in [6.45, 7) is 0. The van der Waals surface area contributed by atoms with Crippen LogP contribution in [0.5, 0.6) is 0 Å². The Bertz CT molecular complexity index is 110. The van der Waals surface area contributed by atoms with E-state index in [1.165, 1.54) is 0 Å². The molecular weight excluding hydrogens is 171 g/mol. The minimum absolute atomic E-state index is 0. The second-order valence-corrected chi connectivity index (χ2v) is 1.51. The largest absolute Gasteiger partial charge is 0.423 e. The van der Waals surface area contributed by atoms with Gasteiger partial charge in [0.2, 0.25) is 0 Å². The van der Waals surface area contributed by atoms with Crippen LogP contribution in [-0.4, -0.2) is 18.2 Å². The van der Waals surface area contributed by atoms with Gasteiger partial charge in [-0.05, 0) is 0 Å². The topological polar surface area (TPSA) is 83.8 Å². The fraction of sp³-hybridized carbons (Fsp3) is 0. The average molecular weight is 173 g/mol. The first-order valence-corrected chi connectivity index (χ1v) is 2.23. The Labute approximate surface area is 50.4 Å². The molecule has 0 unspecified atom stereocenters. The molecule has 0 amide bonds. The molecule has 0 saturated heterocycles. The van der Waals surface area contributed by atoms with Gasteiger partial charge in [-0.2, -0.15) is 8.42 Å². The quantitative estimate of drug-likeness (QED) is 0.310. The molecule has 5 nitrogen and oxygen atoms in total. The first kappa shape index (κ1) is 10.3. The second-order valence-electron chi connectivity index (χ2n) is 0.502. The molecule has 0 atom stereocenters. The summed E-state index contributed by atoms with van der Waals surface area (Å²) in [7, 11) is -4.61. The molecule has 0 aliphatic rings. The van der Waals surface area contributed by atoms with E-state index in [9.17, 15) is 0 Å². The maximum atomic E-state index is 9.08. The van der Waals surface area contributed by atoms with Crippen LogP contribution in [0, 0.1) is 0 Å².